The molecule has 36 heavy (non-hydrogen) atoms. The predicted octanol–water partition coefficient (Wildman–Crippen LogP) is 2.06. The molecular formula is C27H26O9. The first-order valence-corrected chi connectivity index (χ1v) is 11.4. The minimum Gasteiger partial charge on any atom is -0.497 e. The molecule has 2 heterocycles. The van der Waals surface area contributed by atoms with Gasteiger partial charge >= 0.3 is 0 Å². The van der Waals surface area contributed by atoms with E-state index in [0.29, 0.717) is 11.3 Å². The van der Waals surface area contributed by atoms with Crippen LogP contribution in [-0.4, -0.2) is 64.8 Å². The van der Waals surface area contributed by atoms with Crippen LogP contribution in [0.5, 0.6) is 11.5 Å². The van der Waals surface area contributed by atoms with Crippen molar-refractivity contribution in [1.82, 2.24) is 0 Å². The number of methoxy groups -OCH3 is 1. The van der Waals surface area contributed by atoms with Crippen molar-refractivity contribution in [1.29, 1.82) is 0 Å². The molecule has 9 nitrogen and oxygen atoms in total. The summed E-state index contributed by atoms with van der Waals surface area (Å²) in [4.78, 5) is 12.1. The second kappa shape index (κ2) is 9.53. The van der Waals surface area contributed by atoms with Crippen LogP contribution in [0.15, 0.2) is 63.8 Å². The van der Waals surface area contributed by atoms with Crippen LogP contribution in [0.4, 0.5) is 0 Å². The fourth-order valence-electron chi connectivity index (χ4n) is 4.56. The zero-order valence-corrected chi connectivity index (χ0v) is 19.6. The Morgan fingerprint density at radius 2 is 1.64 bits per heavy atom. The van der Waals surface area contributed by atoms with Gasteiger partial charge in [0, 0.05) is 28.6 Å². The first-order chi connectivity index (χ1) is 17.3. The number of fused-ring (bicyclic) bond motifs is 2. The third-order valence-corrected chi connectivity index (χ3v) is 6.47. The van der Waals surface area contributed by atoms with Crippen LogP contribution >= 0.6 is 0 Å². The molecule has 0 saturated carbocycles. The standard InChI is InChI=1S/C27H26O9/c1-13-9-15(33-2)4-7-17(13)23-18-6-3-14(29)10-20(18)35-21-11-16(5-8-19(21)23)34-27-26(32)25(31)24(30)22(12-28)36-27/h3-11,22,24-28,30-32H,12H2,1-2H3. The summed E-state index contributed by atoms with van der Waals surface area (Å²) in [5, 5.41) is 40.6. The predicted molar refractivity (Wildman–Crippen MR) is 130 cm³/mol. The number of benzene rings is 3. The van der Waals surface area contributed by atoms with Crippen LogP contribution < -0.4 is 14.9 Å². The summed E-state index contributed by atoms with van der Waals surface area (Å²) in [6, 6.07) is 15.4. The normalized spacial score (nSPS) is 24.2. The van der Waals surface area contributed by atoms with Crippen molar-refractivity contribution < 1.29 is 39.1 Å². The lowest BCUT2D eigenvalue weighted by Gasteiger charge is -2.39. The smallest absolute Gasteiger partial charge is 0.229 e. The van der Waals surface area contributed by atoms with Crippen LogP contribution in [0, 0.1) is 6.92 Å². The molecular weight excluding hydrogens is 468 g/mol. The Kier molecular flexibility index (Phi) is 6.42. The fraction of sp³-hybridized carbons (Fsp3) is 0.296. The molecule has 5 unspecified atom stereocenters. The van der Waals surface area contributed by atoms with Gasteiger partial charge in [0.15, 0.2) is 5.43 Å². The van der Waals surface area contributed by atoms with Gasteiger partial charge in [0.2, 0.25) is 6.29 Å². The number of aliphatic hydroxyl groups excluding tert-OH is 4. The average Bonchev–Trinajstić information content (AvgIpc) is 2.87. The van der Waals surface area contributed by atoms with Crippen molar-refractivity contribution in [2.75, 3.05) is 13.7 Å². The summed E-state index contributed by atoms with van der Waals surface area (Å²) >= 11 is 0. The van der Waals surface area contributed by atoms with Crippen molar-refractivity contribution in [3.05, 3.63) is 70.4 Å². The molecule has 0 spiro atoms. The Morgan fingerprint density at radius 1 is 0.889 bits per heavy atom. The molecule has 2 aromatic rings. The highest BCUT2D eigenvalue weighted by Gasteiger charge is 2.44. The molecule has 5 rings (SSSR count). The van der Waals surface area contributed by atoms with Gasteiger partial charge < -0.3 is 39.1 Å². The van der Waals surface area contributed by atoms with E-state index in [2.05, 4.69) is 0 Å². The third-order valence-electron chi connectivity index (χ3n) is 6.47. The van der Waals surface area contributed by atoms with E-state index in [-0.39, 0.29) is 11.2 Å². The van der Waals surface area contributed by atoms with Crippen molar-refractivity contribution in [2.45, 2.75) is 37.6 Å². The first kappa shape index (κ1) is 24.2. The maximum absolute atomic E-state index is 12.1. The summed E-state index contributed by atoms with van der Waals surface area (Å²) < 4.78 is 22.6. The monoisotopic (exact) mass is 494 g/mol. The lowest BCUT2D eigenvalue weighted by molar-refractivity contribution is -0.277. The van der Waals surface area contributed by atoms with Gasteiger partial charge in [-0.3, -0.25) is 4.79 Å². The molecule has 0 amide bonds. The second-order valence-corrected chi connectivity index (χ2v) is 8.79. The van der Waals surface area contributed by atoms with E-state index in [0.717, 1.165) is 33.4 Å². The highest BCUT2D eigenvalue weighted by molar-refractivity contribution is 6.02. The maximum Gasteiger partial charge on any atom is 0.229 e. The van der Waals surface area contributed by atoms with E-state index in [9.17, 15) is 25.2 Å². The number of aryl methyl sites for hydroxylation is 1. The minimum atomic E-state index is -1.56. The molecule has 3 aliphatic rings. The molecule has 5 atom stereocenters. The number of hydrogen-bond acceptors (Lipinski definition) is 9. The van der Waals surface area contributed by atoms with Crippen LogP contribution in [0.25, 0.3) is 33.4 Å². The van der Waals surface area contributed by atoms with E-state index in [1.807, 2.05) is 25.1 Å². The first-order valence-electron chi connectivity index (χ1n) is 11.4. The van der Waals surface area contributed by atoms with E-state index >= 15 is 0 Å². The Bertz CT molecular complexity index is 1430. The van der Waals surface area contributed by atoms with Crippen molar-refractivity contribution >= 4 is 11.0 Å². The zero-order chi connectivity index (χ0) is 25.6. The van der Waals surface area contributed by atoms with E-state index < -0.39 is 37.3 Å². The third kappa shape index (κ3) is 4.21. The second-order valence-electron chi connectivity index (χ2n) is 8.79. The topological polar surface area (TPSA) is 139 Å². The van der Waals surface area contributed by atoms with Crippen molar-refractivity contribution in [3.8, 4) is 33.9 Å². The van der Waals surface area contributed by atoms with Crippen LogP contribution in [0.3, 0.4) is 0 Å². The van der Waals surface area contributed by atoms with E-state index in [1.54, 1.807) is 31.4 Å². The fourth-order valence-corrected chi connectivity index (χ4v) is 4.56. The molecule has 188 valence electrons. The van der Waals surface area contributed by atoms with Gasteiger partial charge in [0.1, 0.15) is 47.3 Å². The molecule has 0 aromatic heterocycles. The van der Waals surface area contributed by atoms with Crippen LogP contribution in [0.2, 0.25) is 0 Å². The van der Waals surface area contributed by atoms with Gasteiger partial charge in [-0.2, -0.15) is 0 Å². The average molecular weight is 494 g/mol. The highest BCUT2D eigenvalue weighted by atomic mass is 16.7. The van der Waals surface area contributed by atoms with E-state index in [1.165, 1.54) is 12.1 Å². The lowest BCUT2D eigenvalue weighted by atomic mass is 9.91. The van der Waals surface area contributed by atoms with Gasteiger partial charge in [0.05, 0.1) is 13.7 Å². The van der Waals surface area contributed by atoms with Crippen molar-refractivity contribution in [2.24, 2.45) is 0 Å². The quantitative estimate of drug-likeness (QED) is 0.307. The number of hydrogen-bond donors (Lipinski definition) is 4. The molecule has 1 aliphatic carbocycles. The van der Waals surface area contributed by atoms with Gasteiger partial charge in [-0.15, -0.1) is 0 Å². The maximum atomic E-state index is 12.1. The molecule has 9 heteroatoms. The minimum absolute atomic E-state index is 0.197. The molecule has 4 N–H and O–H groups in total. The Balaban J connectivity index is 1.62. The van der Waals surface area contributed by atoms with E-state index in [4.69, 9.17) is 18.6 Å². The summed E-state index contributed by atoms with van der Waals surface area (Å²) in [6.45, 7) is 1.41. The Labute approximate surface area is 206 Å². The molecule has 2 aromatic carbocycles. The molecule has 0 radical (unpaired) electrons. The number of ether oxygens (including phenoxy) is 3. The summed E-state index contributed by atoms with van der Waals surface area (Å²) in [6.07, 6.45) is -7.03. The largest absolute Gasteiger partial charge is 0.497 e. The molecule has 1 saturated heterocycles. The highest BCUT2D eigenvalue weighted by Crippen LogP contribution is 2.42. The van der Waals surface area contributed by atoms with Gasteiger partial charge in [-0.25, -0.2) is 0 Å². The Hall–Kier alpha value is -3.47. The van der Waals surface area contributed by atoms with Crippen LogP contribution in [-0.2, 0) is 4.74 Å². The molecule has 0 bridgehead atoms. The SMILES string of the molecule is COc1ccc(-c2c3ccc(=O)cc-3oc3cc(OC4OC(CO)C(O)C(O)C4O)ccc23)c(C)c1. The van der Waals surface area contributed by atoms with Crippen LogP contribution in [0.1, 0.15) is 5.56 Å². The van der Waals surface area contributed by atoms with Gasteiger partial charge in [0.25, 0.3) is 0 Å². The van der Waals surface area contributed by atoms with Gasteiger partial charge in [-0.05, 0) is 54.4 Å². The van der Waals surface area contributed by atoms with Gasteiger partial charge in [-0.1, -0.05) is 6.07 Å². The summed E-state index contributed by atoms with van der Waals surface area (Å²) in [7, 11) is 1.60. The summed E-state index contributed by atoms with van der Waals surface area (Å²) in [5.41, 5.74) is 3.75. The zero-order valence-electron chi connectivity index (χ0n) is 19.6. The number of aliphatic hydroxyl groups is 4. The lowest BCUT2D eigenvalue weighted by Crippen LogP contribution is -2.60. The van der Waals surface area contributed by atoms with Crippen molar-refractivity contribution in [3.63, 3.8) is 0 Å². The molecule has 2 aliphatic heterocycles. The Morgan fingerprint density at radius 3 is 2.36 bits per heavy atom. The number of rotatable bonds is 5. The molecule has 1 fully saturated rings. The summed E-state index contributed by atoms with van der Waals surface area (Å²) in [5.74, 6) is 1.37.